The van der Waals surface area contributed by atoms with Gasteiger partial charge in [0, 0.05) is 5.41 Å². The van der Waals surface area contributed by atoms with E-state index in [1.807, 2.05) is 25.2 Å². The molecule has 26 heavy (non-hydrogen) atoms. The molecule has 1 aromatic rings. The first-order valence-electron chi connectivity index (χ1n) is 9.37. The first kappa shape index (κ1) is 18.8. The minimum absolute atomic E-state index is 0.0933. The minimum Gasteiger partial charge on any atom is -0.383 e. The van der Waals surface area contributed by atoms with Crippen molar-refractivity contribution in [1.29, 1.82) is 0 Å². The van der Waals surface area contributed by atoms with Crippen molar-refractivity contribution in [1.82, 2.24) is 0 Å². The molecule has 2 aliphatic carbocycles. The highest BCUT2D eigenvalue weighted by molar-refractivity contribution is 5.94. The molecule has 1 aromatic carbocycles. The van der Waals surface area contributed by atoms with Gasteiger partial charge < -0.3 is 5.11 Å². The third kappa shape index (κ3) is 2.91. The molecule has 0 amide bonds. The number of Topliss-reactive ketones (excluding diaryl/α,β-unsaturated/α-hetero) is 1. The van der Waals surface area contributed by atoms with Gasteiger partial charge in [-0.15, -0.1) is 0 Å². The van der Waals surface area contributed by atoms with Gasteiger partial charge in [0.15, 0.2) is 5.78 Å². The smallest absolute Gasteiger partial charge is 0.177 e. The van der Waals surface area contributed by atoms with E-state index in [2.05, 4.69) is 57.2 Å². The van der Waals surface area contributed by atoms with Crippen molar-refractivity contribution in [3.63, 3.8) is 0 Å². The van der Waals surface area contributed by atoms with Gasteiger partial charge in [0.1, 0.15) is 5.60 Å². The Kier molecular flexibility index (Phi) is 4.19. The normalized spacial score (nSPS) is 29.9. The average molecular weight is 351 g/mol. The number of ketones is 1. The van der Waals surface area contributed by atoms with Crippen LogP contribution in [0.25, 0.3) is 0 Å². The molecular formula is C24H30O2. The Bertz CT molecular complexity index is 832. The summed E-state index contributed by atoms with van der Waals surface area (Å²) in [7, 11) is 0. The topological polar surface area (TPSA) is 37.3 Å². The molecule has 1 N–H and O–H groups in total. The standard InChI is InChI=1S/C24H30O2/c1-21(2)16-24(6,19-12-8-7-11-18(19)21)17-10-9-14-23(5,15-13-17)20(25)22(3,4)26/h7-15,26H,16H2,1-6H3. The predicted molar refractivity (Wildman–Crippen MR) is 107 cm³/mol. The van der Waals surface area contributed by atoms with Gasteiger partial charge >= 0.3 is 0 Å². The molecule has 0 aromatic heterocycles. The van der Waals surface area contributed by atoms with Gasteiger partial charge in [-0.05, 0) is 49.3 Å². The Morgan fingerprint density at radius 3 is 2.27 bits per heavy atom. The average Bonchev–Trinajstić information content (AvgIpc) is 2.67. The fourth-order valence-electron chi connectivity index (χ4n) is 4.79. The largest absolute Gasteiger partial charge is 0.383 e. The highest BCUT2D eigenvalue weighted by atomic mass is 16.3. The summed E-state index contributed by atoms with van der Waals surface area (Å²) in [5.41, 5.74) is 1.83. The Morgan fingerprint density at radius 2 is 1.65 bits per heavy atom. The van der Waals surface area contributed by atoms with Gasteiger partial charge in [0.25, 0.3) is 0 Å². The molecule has 2 unspecified atom stereocenters. The number of rotatable bonds is 3. The van der Waals surface area contributed by atoms with Crippen molar-refractivity contribution in [2.24, 2.45) is 5.41 Å². The van der Waals surface area contributed by atoms with Crippen LogP contribution in [0.2, 0.25) is 0 Å². The van der Waals surface area contributed by atoms with Crippen LogP contribution in [-0.2, 0) is 15.6 Å². The second kappa shape index (κ2) is 5.79. The Labute approximate surface area is 157 Å². The lowest BCUT2D eigenvalue weighted by molar-refractivity contribution is -0.139. The van der Waals surface area contributed by atoms with E-state index in [9.17, 15) is 9.90 Å². The van der Waals surface area contributed by atoms with Crippen molar-refractivity contribution < 1.29 is 9.90 Å². The van der Waals surface area contributed by atoms with E-state index in [1.54, 1.807) is 13.8 Å². The second-order valence-electron chi connectivity index (χ2n) is 9.42. The number of fused-ring (bicyclic) bond motifs is 1. The van der Waals surface area contributed by atoms with Crippen LogP contribution < -0.4 is 0 Å². The number of aliphatic hydroxyl groups is 1. The molecular weight excluding hydrogens is 320 g/mol. The van der Waals surface area contributed by atoms with E-state index in [-0.39, 0.29) is 16.6 Å². The molecule has 2 heteroatoms. The summed E-state index contributed by atoms with van der Waals surface area (Å²) >= 11 is 0. The van der Waals surface area contributed by atoms with Gasteiger partial charge in [-0.1, -0.05) is 75.4 Å². The number of allylic oxidation sites excluding steroid dienone is 6. The van der Waals surface area contributed by atoms with E-state index in [1.165, 1.54) is 16.7 Å². The highest BCUT2D eigenvalue weighted by Crippen LogP contribution is 2.53. The third-order valence-electron chi connectivity index (χ3n) is 6.06. The maximum absolute atomic E-state index is 12.7. The van der Waals surface area contributed by atoms with Crippen molar-refractivity contribution in [3.05, 3.63) is 71.3 Å². The molecule has 0 aliphatic heterocycles. The molecule has 0 fully saturated rings. The van der Waals surface area contributed by atoms with E-state index < -0.39 is 11.0 Å². The maximum atomic E-state index is 12.7. The lowest BCUT2D eigenvalue weighted by atomic mass is 9.73. The summed E-state index contributed by atoms with van der Waals surface area (Å²) in [5, 5.41) is 10.2. The molecule has 0 saturated carbocycles. The van der Waals surface area contributed by atoms with Gasteiger partial charge in [0.05, 0.1) is 5.41 Å². The number of carbonyl (C=O) groups excluding carboxylic acids is 1. The number of benzene rings is 1. The summed E-state index contributed by atoms with van der Waals surface area (Å²) in [6.45, 7) is 11.9. The Balaban J connectivity index is 2.03. The molecule has 138 valence electrons. The maximum Gasteiger partial charge on any atom is 0.177 e. The fraction of sp³-hybridized carbons (Fsp3) is 0.458. The summed E-state index contributed by atoms with van der Waals surface area (Å²) in [5.74, 6) is -0.190. The van der Waals surface area contributed by atoms with E-state index in [0.717, 1.165) is 6.42 Å². The fourth-order valence-corrected chi connectivity index (χ4v) is 4.79. The molecule has 2 nitrogen and oxygen atoms in total. The van der Waals surface area contributed by atoms with Crippen molar-refractivity contribution in [2.75, 3.05) is 0 Å². The molecule has 3 rings (SSSR count). The van der Waals surface area contributed by atoms with Crippen molar-refractivity contribution >= 4 is 5.78 Å². The summed E-state index contributed by atoms with van der Waals surface area (Å²) < 4.78 is 0. The second-order valence-corrected chi connectivity index (χ2v) is 9.42. The number of hydrogen-bond acceptors (Lipinski definition) is 2. The van der Waals surface area contributed by atoms with Gasteiger partial charge in [-0.2, -0.15) is 0 Å². The SMILES string of the molecule is CC(C)(O)C(=O)C1(C)C=CC=C(C2(C)CC(C)(C)c3ccccc32)C=C1. The quantitative estimate of drug-likeness (QED) is 0.830. The Morgan fingerprint density at radius 1 is 1.04 bits per heavy atom. The third-order valence-corrected chi connectivity index (χ3v) is 6.06. The van der Waals surface area contributed by atoms with Gasteiger partial charge in [-0.3, -0.25) is 4.79 Å². The van der Waals surface area contributed by atoms with Gasteiger partial charge in [0.2, 0.25) is 0 Å². The number of hydrogen-bond donors (Lipinski definition) is 1. The van der Waals surface area contributed by atoms with Crippen molar-refractivity contribution in [3.8, 4) is 0 Å². The predicted octanol–water partition coefficient (Wildman–Crippen LogP) is 5.02. The van der Waals surface area contributed by atoms with Crippen LogP contribution in [0.5, 0.6) is 0 Å². The molecule has 0 saturated heterocycles. The van der Waals surface area contributed by atoms with Gasteiger partial charge in [-0.25, -0.2) is 0 Å². The zero-order chi connectivity index (χ0) is 19.4. The van der Waals surface area contributed by atoms with E-state index in [0.29, 0.717) is 0 Å². The van der Waals surface area contributed by atoms with Crippen LogP contribution in [0.1, 0.15) is 59.1 Å². The van der Waals surface area contributed by atoms with E-state index in [4.69, 9.17) is 0 Å². The van der Waals surface area contributed by atoms with Crippen LogP contribution in [0.3, 0.4) is 0 Å². The minimum atomic E-state index is -1.36. The molecule has 0 radical (unpaired) electrons. The molecule has 0 bridgehead atoms. The summed E-state index contributed by atoms with van der Waals surface area (Å²) in [6.07, 6.45) is 11.0. The lowest BCUT2D eigenvalue weighted by Gasteiger charge is -2.30. The van der Waals surface area contributed by atoms with E-state index >= 15 is 0 Å². The van der Waals surface area contributed by atoms with Crippen molar-refractivity contribution in [2.45, 2.75) is 64.4 Å². The zero-order valence-electron chi connectivity index (χ0n) is 16.8. The van der Waals surface area contributed by atoms with Crippen LogP contribution in [-0.4, -0.2) is 16.5 Å². The molecule has 2 atom stereocenters. The monoisotopic (exact) mass is 350 g/mol. The lowest BCUT2D eigenvalue weighted by Crippen LogP contribution is -2.41. The summed E-state index contributed by atoms with van der Waals surface area (Å²) in [6, 6.07) is 8.69. The van der Waals surface area contributed by atoms with Crippen LogP contribution in [0.15, 0.2) is 60.2 Å². The van der Waals surface area contributed by atoms with Crippen LogP contribution in [0.4, 0.5) is 0 Å². The highest BCUT2D eigenvalue weighted by Gasteiger charge is 2.46. The van der Waals surface area contributed by atoms with Crippen LogP contribution >= 0.6 is 0 Å². The first-order valence-corrected chi connectivity index (χ1v) is 9.37. The molecule has 2 aliphatic rings. The first-order chi connectivity index (χ1) is 11.9. The summed E-state index contributed by atoms with van der Waals surface area (Å²) in [4.78, 5) is 12.7. The molecule has 0 spiro atoms. The zero-order valence-corrected chi connectivity index (χ0v) is 16.8. The van der Waals surface area contributed by atoms with Crippen LogP contribution in [0, 0.1) is 5.41 Å². The molecule has 0 heterocycles. The number of carbonyl (C=O) groups is 1. The Hall–Kier alpha value is -1.93.